The van der Waals surface area contributed by atoms with Crippen LogP contribution in [0.25, 0.3) is 11.3 Å². The second kappa shape index (κ2) is 7.06. The summed E-state index contributed by atoms with van der Waals surface area (Å²) in [6.45, 7) is 0.387. The van der Waals surface area contributed by atoms with Crippen LogP contribution in [0.3, 0.4) is 0 Å². The molecule has 0 saturated carbocycles. The largest absolute Gasteiger partial charge is 0.506 e. The fourth-order valence-corrected chi connectivity index (χ4v) is 3.09. The molecule has 0 spiro atoms. The van der Waals surface area contributed by atoms with Crippen LogP contribution >= 0.6 is 31.9 Å². The Morgan fingerprint density at radius 1 is 1.00 bits per heavy atom. The highest BCUT2D eigenvalue weighted by atomic mass is 79.9. The normalized spacial score (nSPS) is 10.5. The number of halogens is 2. The molecule has 7 heteroatoms. The Morgan fingerprint density at radius 3 is 2.30 bits per heavy atom. The van der Waals surface area contributed by atoms with E-state index in [2.05, 4.69) is 47.0 Å². The molecule has 0 fully saturated rings. The summed E-state index contributed by atoms with van der Waals surface area (Å²) in [5.41, 5.74) is 2.39. The molecular weight excluding hydrogens is 426 g/mol. The van der Waals surface area contributed by atoms with E-state index in [-0.39, 0.29) is 11.8 Å². The first-order valence-corrected chi connectivity index (χ1v) is 8.27. The van der Waals surface area contributed by atoms with Crippen molar-refractivity contribution in [2.24, 2.45) is 0 Å². The van der Waals surface area contributed by atoms with Gasteiger partial charge in [-0.25, -0.2) is 4.98 Å². The van der Waals surface area contributed by atoms with Gasteiger partial charge in [-0.2, -0.15) is 0 Å². The lowest BCUT2D eigenvalue weighted by molar-refractivity contribution is 0.277. The Kier molecular flexibility index (Phi) is 4.88. The third kappa shape index (κ3) is 3.86. The Hall–Kier alpha value is -1.99. The van der Waals surface area contributed by atoms with E-state index < -0.39 is 0 Å². The number of benzene rings is 2. The minimum absolute atomic E-state index is 0.137. The lowest BCUT2D eigenvalue weighted by atomic mass is 10.1. The molecule has 0 radical (unpaired) electrons. The van der Waals surface area contributed by atoms with Gasteiger partial charge in [0.1, 0.15) is 18.1 Å². The van der Waals surface area contributed by atoms with Crippen molar-refractivity contribution in [3.63, 3.8) is 0 Å². The Labute approximate surface area is 149 Å². The first kappa shape index (κ1) is 15.9. The zero-order valence-corrected chi connectivity index (χ0v) is 15.0. The van der Waals surface area contributed by atoms with E-state index in [1.807, 2.05) is 30.3 Å². The fraction of sp³-hybridized carbons (Fsp3) is 0.0625. The van der Waals surface area contributed by atoms with Gasteiger partial charge in [-0.1, -0.05) is 35.4 Å². The van der Waals surface area contributed by atoms with Gasteiger partial charge in [0.15, 0.2) is 0 Å². The average Bonchev–Trinajstić information content (AvgIpc) is 2.59. The lowest BCUT2D eigenvalue weighted by Gasteiger charge is -2.06. The second-order valence-electron chi connectivity index (χ2n) is 4.69. The Balaban J connectivity index is 1.74. The molecule has 0 atom stereocenters. The first-order valence-electron chi connectivity index (χ1n) is 6.68. The van der Waals surface area contributed by atoms with Crippen molar-refractivity contribution in [3.8, 4) is 23.0 Å². The molecule has 2 aromatic carbocycles. The number of hydrogen-bond acceptors (Lipinski definition) is 5. The predicted molar refractivity (Wildman–Crippen MR) is 93.1 cm³/mol. The molecule has 0 aliphatic heterocycles. The highest BCUT2D eigenvalue weighted by Crippen LogP contribution is 2.36. The molecule has 0 aliphatic rings. The van der Waals surface area contributed by atoms with Crippen LogP contribution < -0.4 is 4.74 Å². The summed E-state index contributed by atoms with van der Waals surface area (Å²) in [7, 11) is 0. The van der Waals surface area contributed by atoms with Crippen molar-refractivity contribution in [3.05, 3.63) is 63.2 Å². The lowest BCUT2D eigenvalue weighted by Crippen LogP contribution is -2.01. The Bertz CT molecular complexity index is 788. The maximum atomic E-state index is 9.73. The number of hydrogen-bond donors (Lipinski definition) is 1. The van der Waals surface area contributed by atoms with Crippen LogP contribution in [0.2, 0.25) is 0 Å². The molecule has 0 aliphatic carbocycles. The van der Waals surface area contributed by atoms with E-state index >= 15 is 0 Å². The van der Waals surface area contributed by atoms with E-state index in [4.69, 9.17) is 4.74 Å². The van der Waals surface area contributed by atoms with Gasteiger partial charge in [-0.05, 0) is 49.6 Å². The molecule has 1 aromatic heterocycles. The molecule has 0 saturated heterocycles. The maximum Gasteiger partial charge on any atom is 0.336 e. The van der Waals surface area contributed by atoms with Crippen LogP contribution in [-0.2, 0) is 6.61 Å². The van der Waals surface area contributed by atoms with E-state index in [1.54, 1.807) is 18.3 Å². The zero-order chi connectivity index (χ0) is 16.2. The van der Waals surface area contributed by atoms with Gasteiger partial charge >= 0.3 is 6.01 Å². The van der Waals surface area contributed by atoms with Gasteiger partial charge in [0.05, 0.1) is 15.1 Å². The van der Waals surface area contributed by atoms with Crippen LogP contribution in [0.5, 0.6) is 11.8 Å². The molecule has 3 rings (SSSR count). The van der Waals surface area contributed by atoms with E-state index in [0.717, 1.165) is 11.1 Å². The van der Waals surface area contributed by atoms with Gasteiger partial charge in [0.2, 0.25) is 0 Å². The summed E-state index contributed by atoms with van der Waals surface area (Å²) in [5, 5.41) is 17.8. The number of ether oxygens (including phenoxy) is 1. The van der Waals surface area contributed by atoms with Crippen molar-refractivity contribution < 1.29 is 9.84 Å². The molecule has 23 heavy (non-hydrogen) atoms. The van der Waals surface area contributed by atoms with Gasteiger partial charge in [0, 0.05) is 5.56 Å². The van der Waals surface area contributed by atoms with Gasteiger partial charge in [-0.15, -0.1) is 5.10 Å². The molecule has 1 N–H and O–H groups in total. The summed E-state index contributed by atoms with van der Waals surface area (Å²) in [6.07, 6.45) is 1.58. The summed E-state index contributed by atoms with van der Waals surface area (Å²) in [5.74, 6) is 0.137. The van der Waals surface area contributed by atoms with Crippen LogP contribution in [0.15, 0.2) is 57.6 Å². The number of aromatic nitrogens is 3. The van der Waals surface area contributed by atoms with Crippen molar-refractivity contribution in [1.82, 2.24) is 15.2 Å². The van der Waals surface area contributed by atoms with E-state index in [0.29, 0.717) is 21.2 Å². The summed E-state index contributed by atoms with van der Waals surface area (Å²) < 4.78 is 6.63. The number of phenols is 1. The summed E-state index contributed by atoms with van der Waals surface area (Å²) in [4.78, 5) is 4.16. The predicted octanol–water partition coefficient (Wildman–Crippen LogP) is 4.35. The second-order valence-corrected chi connectivity index (χ2v) is 6.40. The zero-order valence-electron chi connectivity index (χ0n) is 11.8. The number of aromatic hydroxyl groups is 1. The van der Waals surface area contributed by atoms with E-state index in [9.17, 15) is 5.11 Å². The average molecular weight is 437 g/mol. The number of nitrogens with zero attached hydrogens (tertiary/aromatic N) is 3. The van der Waals surface area contributed by atoms with E-state index in [1.165, 1.54) is 0 Å². The standard InChI is InChI=1S/C16H11Br2N3O2/c17-12-6-11(7-13(18)15(12)22)14-8-19-16(21-20-14)23-9-10-4-2-1-3-5-10/h1-8,22H,9H2. The molecule has 0 unspecified atom stereocenters. The molecule has 3 aromatic rings. The minimum atomic E-state index is 0.137. The third-order valence-corrected chi connectivity index (χ3v) is 4.27. The van der Waals surface area contributed by atoms with Crippen LogP contribution in [0.4, 0.5) is 0 Å². The molecule has 5 nitrogen and oxygen atoms in total. The fourth-order valence-electron chi connectivity index (χ4n) is 1.90. The summed E-state index contributed by atoms with van der Waals surface area (Å²) in [6, 6.07) is 13.5. The van der Waals surface area contributed by atoms with Crippen LogP contribution in [-0.4, -0.2) is 20.3 Å². The van der Waals surface area contributed by atoms with Crippen molar-refractivity contribution in [2.75, 3.05) is 0 Å². The quantitative estimate of drug-likeness (QED) is 0.658. The van der Waals surface area contributed by atoms with Crippen molar-refractivity contribution in [1.29, 1.82) is 0 Å². The monoisotopic (exact) mass is 435 g/mol. The molecule has 1 heterocycles. The third-order valence-electron chi connectivity index (χ3n) is 3.06. The topological polar surface area (TPSA) is 68.1 Å². The highest BCUT2D eigenvalue weighted by molar-refractivity contribution is 9.11. The SMILES string of the molecule is Oc1c(Br)cc(-c2cnc(OCc3ccccc3)nn2)cc1Br. The molecule has 116 valence electrons. The summed E-state index contributed by atoms with van der Waals surface area (Å²) >= 11 is 6.57. The smallest absolute Gasteiger partial charge is 0.336 e. The molecular formula is C16H11Br2N3O2. The van der Waals surface area contributed by atoms with Gasteiger partial charge in [-0.3, -0.25) is 0 Å². The van der Waals surface area contributed by atoms with Crippen molar-refractivity contribution >= 4 is 31.9 Å². The highest BCUT2D eigenvalue weighted by Gasteiger charge is 2.10. The minimum Gasteiger partial charge on any atom is -0.506 e. The van der Waals surface area contributed by atoms with Crippen LogP contribution in [0.1, 0.15) is 5.56 Å². The molecule has 0 amide bonds. The number of phenolic OH excluding ortho intramolecular Hbond substituents is 1. The van der Waals surface area contributed by atoms with Gasteiger partial charge < -0.3 is 9.84 Å². The van der Waals surface area contributed by atoms with Crippen molar-refractivity contribution in [2.45, 2.75) is 6.61 Å². The first-order chi connectivity index (χ1) is 11.1. The maximum absolute atomic E-state index is 9.73. The Morgan fingerprint density at radius 2 is 1.70 bits per heavy atom. The van der Waals surface area contributed by atoms with Crippen LogP contribution in [0, 0.1) is 0 Å². The molecule has 0 bridgehead atoms. The van der Waals surface area contributed by atoms with Gasteiger partial charge in [0.25, 0.3) is 0 Å². The number of rotatable bonds is 4.